The molecule has 0 aromatic heterocycles. The first-order valence-electron chi connectivity index (χ1n) is 2.15. The second kappa shape index (κ2) is 2.23. The molecule has 0 radical (unpaired) electrons. The zero-order chi connectivity index (χ0) is 5.98. The fourth-order valence-corrected chi connectivity index (χ4v) is 0.885. The molecule has 1 amide bonds. The molecule has 0 aromatic rings. The van der Waals surface area contributed by atoms with Crippen LogP contribution in [0.5, 0.6) is 0 Å². The van der Waals surface area contributed by atoms with Crippen LogP contribution in [0.15, 0.2) is 0 Å². The lowest BCUT2D eigenvalue weighted by molar-refractivity contribution is 0.154. The second-order valence-electron chi connectivity index (χ2n) is 1.29. The first-order chi connectivity index (χ1) is 3.83. The smallest absolute Gasteiger partial charge is 0.418 e. The number of nitrogens with one attached hydrogen (secondary N) is 1. The van der Waals surface area contributed by atoms with Crippen molar-refractivity contribution in [2.75, 3.05) is 6.54 Å². The largest absolute Gasteiger partial charge is 0.431 e. The minimum atomic E-state index is -0.398. The van der Waals surface area contributed by atoms with E-state index in [9.17, 15) is 4.79 Å². The predicted molar refractivity (Wildman–Crippen MR) is 30.1 cm³/mol. The normalized spacial score (nSPS) is 27.1. The molecule has 0 aliphatic carbocycles. The predicted octanol–water partition coefficient (Wildman–Crippen LogP) is -0.341. The van der Waals surface area contributed by atoms with Crippen LogP contribution in [0, 0.1) is 0 Å². The molecule has 1 rings (SSSR count). The average Bonchev–Trinajstić information content (AvgIpc) is 2.14. The van der Waals surface area contributed by atoms with Gasteiger partial charge in [0.2, 0.25) is 0 Å². The highest BCUT2D eigenvalue weighted by molar-refractivity contribution is 7.98. The molecule has 5 heteroatoms. The van der Waals surface area contributed by atoms with Gasteiger partial charge in [-0.2, -0.15) is 0 Å². The number of carbonyl (C=O) groups excluding carboxylic acids is 1. The van der Waals surface area contributed by atoms with Crippen molar-refractivity contribution in [1.29, 1.82) is 0 Å². The Balaban J connectivity index is 2.32. The van der Waals surface area contributed by atoms with E-state index in [4.69, 9.17) is 5.73 Å². The number of hydrogen-bond acceptors (Lipinski definition) is 4. The van der Waals surface area contributed by atoms with Crippen LogP contribution in [-0.2, 0) is 4.74 Å². The summed E-state index contributed by atoms with van der Waals surface area (Å²) < 4.78 is 6.99. The van der Waals surface area contributed by atoms with E-state index < -0.39 is 6.09 Å². The third-order valence-corrected chi connectivity index (χ3v) is 1.54. The second-order valence-corrected chi connectivity index (χ2v) is 2.26. The first-order valence-corrected chi connectivity index (χ1v) is 3.03. The first kappa shape index (κ1) is 5.71. The Morgan fingerprint density at radius 2 is 2.75 bits per heavy atom. The van der Waals surface area contributed by atoms with Crippen LogP contribution < -0.4 is 10.5 Å². The Morgan fingerprint density at radius 3 is 3.00 bits per heavy atom. The van der Waals surface area contributed by atoms with E-state index in [0.29, 0.717) is 6.54 Å². The highest BCUT2D eigenvalue weighted by atomic mass is 32.2. The van der Waals surface area contributed by atoms with Gasteiger partial charge >= 0.3 is 6.09 Å². The SMILES string of the molecule is NCC1OC(=O)NS1. The van der Waals surface area contributed by atoms with E-state index in [1.165, 1.54) is 11.9 Å². The maximum Gasteiger partial charge on any atom is 0.418 e. The summed E-state index contributed by atoms with van der Waals surface area (Å²) in [5, 5.41) is 0. The van der Waals surface area contributed by atoms with Crippen LogP contribution in [0.3, 0.4) is 0 Å². The molecule has 1 aliphatic rings. The Bertz CT molecular complexity index is 107. The van der Waals surface area contributed by atoms with Gasteiger partial charge in [-0.25, -0.2) is 4.79 Å². The van der Waals surface area contributed by atoms with Crippen molar-refractivity contribution < 1.29 is 9.53 Å². The number of nitrogens with two attached hydrogens (primary N) is 1. The number of ether oxygens (including phenoxy) is 1. The summed E-state index contributed by atoms with van der Waals surface area (Å²) in [7, 11) is 0. The molecule has 1 heterocycles. The summed E-state index contributed by atoms with van der Waals surface area (Å²) in [6.07, 6.45) is -0.398. The molecular weight excluding hydrogens is 128 g/mol. The Labute approximate surface area is 50.9 Å². The van der Waals surface area contributed by atoms with Crippen LogP contribution >= 0.6 is 11.9 Å². The number of rotatable bonds is 1. The van der Waals surface area contributed by atoms with Crippen molar-refractivity contribution in [2.24, 2.45) is 5.73 Å². The van der Waals surface area contributed by atoms with E-state index >= 15 is 0 Å². The summed E-state index contributed by atoms with van der Waals surface area (Å²) in [6, 6.07) is 0. The molecule has 46 valence electrons. The average molecular weight is 134 g/mol. The van der Waals surface area contributed by atoms with Crippen molar-refractivity contribution in [3.05, 3.63) is 0 Å². The van der Waals surface area contributed by atoms with Gasteiger partial charge < -0.3 is 10.5 Å². The Hall–Kier alpha value is -0.420. The minimum absolute atomic E-state index is 0.192. The molecule has 3 N–H and O–H groups in total. The monoisotopic (exact) mass is 134 g/mol. The minimum Gasteiger partial charge on any atom is -0.431 e. The summed E-state index contributed by atoms with van der Waals surface area (Å²) in [5.74, 6) is 0. The molecule has 0 saturated carbocycles. The molecule has 1 atom stereocenters. The van der Waals surface area contributed by atoms with Gasteiger partial charge in [0.05, 0.1) is 0 Å². The van der Waals surface area contributed by atoms with E-state index in [0.717, 1.165) is 0 Å². The summed E-state index contributed by atoms with van der Waals surface area (Å²) >= 11 is 1.20. The van der Waals surface area contributed by atoms with Crippen LogP contribution in [0.4, 0.5) is 4.79 Å². The number of carbonyl (C=O) groups is 1. The van der Waals surface area contributed by atoms with E-state index in [1.54, 1.807) is 0 Å². The summed E-state index contributed by atoms with van der Waals surface area (Å²) in [5.41, 5.74) is 4.97. The van der Waals surface area contributed by atoms with Gasteiger partial charge in [-0.05, 0) is 11.9 Å². The maximum atomic E-state index is 10.2. The third kappa shape index (κ3) is 1.05. The highest BCUT2D eigenvalue weighted by Gasteiger charge is 2.21. The molecule has 1 aliphatic heterocycles. The summed E-state index contributed by atoms with van der Waals surface area (Å²) in [6.45, 7) is 0.364. The van der Waals surface area contributed by atoms with E-state index in [-0.39, 0.29) is 5.44 Å². The van der Waals surface area contributed by atoms with Crippen molar-refractivity contribution in [1.82, 2.24) is 4.72 Å². The van der Waals surface area contributed by atoms with Gasteiger partial charge in [0.25, 0.3) is 0 Å². The highest BCUT2D eigenvalue weighted by Crippen LogP contribution is 2.13. The Morgan fingerprint density at radius 1 is 2.00 bits per heavy atom. The lowest BCUT2D eigenvalue weighted by Crippen LogP contribution is -2.16. The molecule has 0 bridgehead atoms. The van der Waals surface area contributed by atoms with Gasteiger partial charge in [0.1, 0.15) is 0 Å². The molecule has 1 fully saturated rings. The number of amides is 1. The molecule has 0 aromatic carbocycles. The third-order valence-electron chi connectivity index (χ3n) is 0.705. The summed E-state index contributed by atoms with van der Waals surface area (Å²) in [4.78, 5) is 10.2. The quantitative estimate of drug-likeness (QED) is 0.481. The maximum absolute atomic E-state index is 10.2. The van der Waals surface area contributed by atoms with E-state index in [1.807, 2.05) is 0 Å². The van der Waals surface area contributed by atoms with Crippen LogP contribution in [0.2, 0.25) is 0 Å². The van der Waals surface area contributed by atoms with E-state index in [2.05, 4.69) is 9.46 Å². The van der Waals surface area contributed by atoms with Crippen molar-refractivity contribution in [3.8, 4) is 0 Å². The topological polar surface area (TPSA) is 64.3 Å². The van der Waals surface area contributed by atoms with Crippen LogP contribution in [-0.4, -0.2) is 18.1 Å². The fourth-order valence-electron chi connectivity index (χ4n) is 0.378. The molecule has 8 heavy (non-hydrogen) atoms. The molecule has 4 nitrogen and oxygen atoms in total. The number of hydrogen-bond donors (Lipinski definition) is 2. The molecular formula is C3H6N2O2S. The zero-order valence-corrected chi connectivity index (χ0v) is 4.90. The van der Waals surface area contributed by atoms with Crippen LogP contribution in [0.25, 0.3) is 0 Å². The van der Waals surface area contributed by atoms with Crippen LogP contribution in [0.1, 0.15) is 0 Å². The fraction of sp³-hybridized carbons (Fsp3) is 0.667. The van der Waals surface area contributed by atoms with Gasteiger partial charge in [0, 0.05) is 6.54 Å². The van der Waals surface area contributed by atoms with Gasteiger partial charge in [-0.1, -0.05) is 0 Å². The standard InChI is InChI=1S/C3H6N2O2S/c4-1-2-7-3(6)5-8-2/h2H,1,4H2,(H,5,6). The van der Waals surface area contributed by atoms with Gasteiger partial charge in [0.15, 0.2) is 5.44 Å². The van der Waals surface area contributed by atoms with Crippen molar-refractivity contribution >= 4 is 18.0 Å². The molecule has 1 saturated heterocycles. The van der Waals surface area contributed by atoms with Crippen molar-refractivity contribution in [2.45, 2.75) is 5.44 Å². The lowest BCUT2D eigenvalue weighted by Gasteiger charge is -1.98. The number of cyclic esters (lactones) is 1. The van der Waals surface area contributed by atoms with Gasteiger partial charge in [-0.3, -0.25) is 4.72 Å². The van der Waals surface area contributed by atoms with Crippen molar-refractivity contribution in [3.63, 3.8) is 0 Å². The zero-order valence-electron chi connectivity index (χ0n) is 4.09. The van der Waals surface area contributed by atoms with Gasteiger partial charge in [-0.15, -0.1) is 0 Å². The lowest BCUT2D eigenvalue weighted by atomic mass is 10.7. The Kier molecular flexibility index (Phi) is 1.59. The molecule has 0 spiro atoms. The molecule has 1 unspecified atom stereocenters.